The number of aromatic nitrogens is 4. The van der Waals surface area contributed by atoms with Crippen LogP contribution in [0.15, 0.2) is 88.3 Å². The van der Waals surface area contributed by atoms with Crippen molar-refractivity contribution in [3.8, 4) is 22.8 Å². The van der Waals surface area contributed by atoms with Crippen molar-refractivity contribution < 1.29 is 14.6 Å². The van der Waals surface area contributed by atoms with Crippen LogP contribution < -0.4 is 4.74 Å². The lowest BCUT2D eigenvalue weighted by molar-refractivity contribution is 0.0698. The van der Waals surface area contributed by atoms with Gasteiger partial charge < -0.3 is 9.84 Å². The summed E-state index contributed by atoms with van der Waals surface area (Å²) in [7, 11) is 0. The smallest absolute Gasteiger partial charge is 0.337 e. The van der Waals surface area contributed by atoms with Gasteiger partial charge in [0, 0.05) is 11.8 Å². The van der Waals surface area contributed by atoms with Crippen LogP contribution in [0.2, 0.25) is 0 Å². The molecule has 1 aliphatic rings. The van der Waals surface area contributed by atoms with Crippen LogP contribution in [0.5, 0.6) is 6.01 Å². The van der Waals surface area contributed by atoms with E-state index in [1.54, 1.807) is 18.2 Å². The Hall–Kier alpha value is -5.12. The molecule has 3 aromatic carbocycles. The molecule has 6 rings (SSSR count). The van der Waals surface area contributed by atoms with E-state index in [-0.39, 0.29) is 5.56 Å². The quantitative estimate of drug-likeness (QED) is 0.290. The first kappa shape index (κ1) is 24.2. The van der Waals surface area contributed by atoms with E-state index in [2.05, 4.69) is 31.4 Å². The number of azo groups is 1. The summed E-state index contributed by atoms with van der Waals surface area (Å²) in [4.78, 5) is 20.9. The maximum absolute atomic E-state index is 11.9. The average Bonchev–Trinajstić information content (AvgIpc) is 3.70. The van der Waals surface area contributed by atoms with Crippen molar-refractivity contribution in [3.63, 3.8) is 0 Å². The molecule has 0 amide bonds. The molecule has 0 radical (unpaired) electrons. The third-order valence-corrected chi connectivity index (χ3v) is 6.51. The van der Waals surface area contributed by atoms with Gasteiger partial charge in [0.05, 0.1) is 41.6 Å². The summed E-state index contributed by atoms with van der Waals surface area (Å²) in [6, 6.07) is 19.6. The number of ether oxygens (including phenoxy) is 1. The lowest BCUT2D eigenvalue weighted by Gasteiger charge is -2.13. The molecule has 0 saturated carbocycles. The summed E-state index contributed by atoms with van der Waals surface area (Å²) >= 11 is 0. The number of hydrogen-bond acceptors (Lipinski definition) is 7. The van der Waals surface area contributed by atoms with Crippen LogP contribution >= 0.6 is 0 Å². The Bertz CT molecular complexity index is 1760. The highest BCUT2D eigenvalue weighted by Crippen LogP contribution is 2.30. The van der Waals surface area contributed by atoms with Gasteiger partial charge in [-0.2, -0.15) is 15.2 Å². The second-order valence-corrected chi connectivity index (χ2v) is 9.15. The molecule has 1 aliphatic heterocycles. The molecule has 194 valence electrons. The van der Waals surface area contributed by atoms with Gasteiger partial charge in [-0.1, -0.05) is 30.3 Å². The highest BCUT2D eigenvalue weighted by molar-refractivity contribution is 6.05. The van der Waals surface area contributed by atoms with Gasteiger partial charge in [-0.05, 0) is 66.4 Å². The molecule has 0 aliphatic carbocycles. The van der Waals surface area contributed by atoms with Gasteiger partial charge in [0.1, 0.15) is 0 Å². The predicted molar refractivity (Wildman–Crippen MR) is 147 cm³/mol. The molecule has 3 heterocycles. The highest BCUT2D eigenvalue weighted by atomic mass is 16.5. The van der Waals surface area contributed by atoms with Gasteiger partial charge in [0.25, 0.3) is 6.01 Å². The van der Waals surface area contributed by atoms with Gasteiger partial charge in [-0.15, -0.1) is 5.11 Å². The molecular formula is C29H25N7O3. The van der Waals surface area contributed by atoms with Gasteiger partial charge in [-0.25, -0.2) is 14.5 Å². The minimum absolute atomic E-state index is 0.185. The maximum atomic E-state index is 11.9. The van der Waals surface area contributed by atoms with Gasteiger partial charge >= 0.3 is 5.97 Å². The number of nitrogens with zero attached hydrogens (tertiary/aromatic N) is 7. The van der Waals surface area contributed by atoms with E-state index in [1.165, 1.54) is 0 Å². The molecule has 39 heavy (non-hydrogen) atoms. The first-order valence-corrected chi connectivity index (χ1v) is 12.5. The number of fused-ring (bicyclic) bond motifs is 1. The summed E-state index contributed by atoms with van der Waals surface area (Å²) in [5, 5.41) is 22.5. The number of hydrogen-bond donors (Lipinski definition) is 1. The van der Waals surface area contributed by atoms with Crippen LogP contribution in [-0.4, -0.2) is 49.5 Å². The number of carboxylic acid groups (broad SMARTS) is 1. The first-order chi connectivity index (χ1) is 19.0. The number of amidine groups is 1. The normalized spacial score (nSPS) is 12.7. The second kappa shape index (κ2) is 9.97. The Morgan fingerprint density at radius 2 is 1.92 bits per heavy atom. The number of benzene rings is 3. The number of carboxylic acids is 1. The number of para-hydroxylation sites is 1. The molecule has 0 unspecified atom stereocenters. The molecule has 0 bridgehead atoms. The number of rotatable bonds is 8. The van der Waals surface area contributed by atoms with Crippen molar-refractivity contribution in [2.24, 2.45) is 15.2 Å². The fraction of sp³-hybridized carbons (Fsp3) is 0.172. The molecule has 0 spiro atoms. The molecular weight excluding hydrogens is 494 g/mol. The third-order valence-electron chi connectivity index (χ3n) is 6.51. The monoisotopic (exact) mass is 519 g/mol. The zero-order chi connectivity index (χ0) is 26.9. The van der Waals surface area contributed by atoms with Gasteiger partial charge in [0.15, 0.2) is 12.5 Å². The van der Waals surface area contributed by atoms with Crippen LogP contribution in [0.25, 0.3) is 27.8 Å². The minimum atomic E-state index is -1.01. The summed E-state index contributed by atoms with van der Waals surface area (Å²) < 4.78 is 9.43. The van der Waals surface area contributed by atoms with Crippen LogP contribution in [0.4, 0.5) is 0 Å². The van der Waals surface area contributed by atoms with E-state index in [0.29, 0.717) is 42.7 Å². The molecule has 0 saturated heterocycles. The molecule has 0 atom stereocenters. The summed E-state index contributed by atoms with van der Waals surface area (Å²) in [6.45, 7) is 5.02. The zero-order valence-electron chi connectivity index (χ0n) is 21.4. The Kier molecular flexibility index (Phi) is 6.20. The summed E-state index contributed by atoms with van der Waals surface area (Å²) in [5.41, 5.74) is 7.10. The van der Waals surface area contributed by atoms with E-state index < -0.39 is 5.97 Å². The van der Waals surface area contributed by atoms with Crippen LogP contribution in [-0.2, 0) is 6.54 Å². The Balaban J connectivity index is 1.40. The van der Waals surface area contributed by atoms with Gasteiger partial charge in [0.2, 0.25) is 0 Å². The number of imidazole rings is 1. The third kappa shape index (κ3) is 4.56. The lowest BCUT2D eigenvalue weighted by Crippen LogP contribution is -2.08. The topological polar surface area (TPSA) is 119 Å². The second-order valence-electron chi connectivity index (χ2n) is 9.15. The van der Waals surface area contributed by atoms with E-state index in [0.717, 1.165) is 33.5 Å². The Morgan fingerprint density at radius 3 is 2.62 bits per heavy atom. The van der Waals surface area contributed by atoms with Gasteiger partial charge in [-0.3, -0.25) is 4.57 Å². The van der Waals surface area contributed by atoms with E-state index in [9.17, 15) is 9.90 Å². The molecule has 10 nitrogen and oxygen atoms in total. The summed E-state index contributed by atoms with van der Waals surface area (Å²) in [6.07, 6.45) is 3.80. The van der Waals surface area contributed by atoms with Crippen molar-refractivity contribution >= 4 is 22.8 Å². The van der Waals surface area contributed by atoms with Crippen molar-refractivity contribution in [1.82, 2.24) is 19.3 Å². The fourth-order valence-corrected chi connectivity index (χ4v) is 4.73. The van der Waals surface area contributed by atoms with Crippen molar-refractivity contribution in [1.29, 1.82) is 0 Å². The molecule has 5 aromatic rings. The number of aryl methyl sites for hydroxylation is 1. The Morgan fingerprint density at radius 1 is 1.08 bits per heavy atom. The summed E-state index contributed by atoms with van der Waals surface area (Å²) in [5.74, 6) is -0.406. The van der Waals surface area contributed by atoms with Crippen LogP contribution in [0.1, 0.15) is 34.0 Å². The van der Waals surface area contributed by atoms with E-state index in [4.69, 9.17) is 4.74 Å². The van der Waals surface area contributed by atoms with E-state index >= 15 is 0 Å². The predicted octanol–water partition coefficient (Wildman–Crippen LogP) is 5.51. The maximum Gasteiger partial charge on any atom is 0.337 e. The first-order valence-electron chi connectivity index (χ1n) is 12.5. The molecule has 1 N–H and O–H groups in total. The molecule has 2 aromatic heterocycles. The van der Waals surface area contributed by atoms with Crippen molar-refractivity contribution in [2.75, 3.05) is 13.3 Å². The minimum Gasteiger partial charge on any atom is -0.478 e. The van der Waals surface area contributed by atoms with E-state index in [1.807, 2.05) is 71.9 Å². The zero-order valence-corrected chi connectivity index (χ0v) is 21.4. The van der Waals surface area contributed by atoms with Crippen LogP contribution in [0.3, 0.4) is 0 Å². The number of aromatic carboxylic acids is 1. The largest absolute Gasteiger partial charge is 0.478 e. The standard InChI is InChI=1S/C29H25N7O3/c1-3-39-29-33-25-6-4-5-23(28(37)38)26(25)35(29)16-19-7-9-20(10-8-19)24-13-21(36-15-18(2)14-32-36)11-12-22(24)27-30-17-31-34-27/h4-15H,3,16-17H2,1-2H3,(H,37,38). The molecule has 0 fully saturated rings. The number of carbonyl (C=O) groups is 1. The van der Waals surface area contributed by atoms with Crippen molar-refractivity contribution in [2.45, 2.75) is 20.4 Å². The fourth-order valence-electron chi connectivity index (χ4n) is 4.73. The highest BCUT2D eigenvalue weighted by Gasteiger charge is 2.19. The van der Waals surface area contributed by atoms with Crippen LogP contribution in [0, 0.1) is 6.92 Å². The lowest BCUT2D eigenvalue weighted by atomic mass is 9.97. The van der Waals surface area contributed by atoms with Crippen molar-refractivity contribution in [3.05, 3.63) is 95.3 Å². The SMILES string of the molecule is CCOc1nc2cccc(C(=O)O)c2n1Cc1ccc(-c2cc(-n3cc(C)cn3)ccc2C2=NCN=N2)cc1. The Labute approximate surface area is 223 Å². The average molecular weight is 520 g/mol. The molecule has 10 heteroatoms. The number of aliphatic imine (C=N–C) groups is 1.